The second-order valence-corrected chi connectivity index (χ2v) is 3.13. The Labute approximate surface area is 81.1 Å². The molecule has 2 rings (SSSR count). The van der Waals surface area contributed by atoms with Crippen LogP contribution in [0.25, 0.3) is 0 Å². The van der Waals surface area contributed by atoms with Crippen molar-refractivity contribution in [2.75, 3.05) is 13.2 Å². The number of hydrogen-bond donors (Lipinski definition) is 0. The molecule has 0 saturated carbocycles. The normalized spacial score (nSPS) is 21.1. The lowest BCUT2D eigenvalue weighted by atomic mass is 10.2. The summed E-state index contributed by atoms with van der Waals surface area (Å²) < 4.78 is 23.0. The smallest absolute Gasteiger partial charge is 0.316 e. The van der Waals surface area contributed by atoms with E-state index in [0.29, 0.717) is 6.61 Å². The highest BCUT2D eigenvalue weighted by atomic mass is 19.1. The molecule has 0 spiro atoms. The predicted octanol–water partition coefficient (Wildman–Crippen LogP) is 1.17. The fourth-order valence-corrected chi connectivity index (χ4v) is 1.32. The van der Waals surface area contributed by atoms with Crippen molar-refractivity contribution in [1.29, 1.82) is 0 Å². The molecule has 0 aliphatic carbocycles. The van der Waals surface area contributed by atoms with Crippen molar-refractivity contribution in [3.8, 4) is 6.01 Å². The van der Waals surface area contributed by atoms with Crippen LogP contribution in [0.2, 0.25) is 0 Å². The summed E-state index contributed by atoms with van der Waals surface area (Å²) in [6.07, 6.45) is 4.36. The second-order valence-electron chi connectivity index (χ2n) is 3.13. The van der Waals surface area contributed by atoms with Crippen molar-refractivity contribution < 1.29 is 13.9 Å². The van der Waals surface area contributed by atoms with Gasteiger partial charge in [0.2, 0.25) is 0 Å². The Morgan fingerprint density at radius 2 is 2.29 bits per heavy atom. The van der Waals surface area contributed by atoms with E-state index in [4.69, 9.17) is 9.47 Å². The van der Waals surface area contributed by atoms with Gasteiger partial charge in [-0.25, -0.2) is 14.4 Å². The van der Waals surface area contributed by atoms with Gasteiger partial charge < -0.3 is 9.47 Å². The molecule has 0 amide bonds. The third kappa shape index (κ3) is 2.38. The maximum Gasteiger partial charge on any atom is 0.316 e. The molecule has 1 unspecified atom stereocenters. The molecule has 0 radical (unpaired) electrons. The molecule has 14 heavy (non-hydrogen) atoms. The zero-order valence-electron chi connectivity index (χ0n) is 7.65. The summed E-state index contributed by atoms with van der Waals surface area (Å²) in [4.78, 5) is 7.35. The van der Waals surface area contributed by atoms with Gasteiger partial charge in [-0.3, -0.25) is 0 Å². The van der Waals surface area contributed by atoms with Gasteiger partial charge >= 0.3 is 6.01 Å². The zero-order valence-corrected chi connectivity index (χ0v) is 7.65. The largest absolute Gasteiger partial charge is 0.461 e. The molecule has 5 heteroatoms. The average Bonchev–Trinajstić information content (AvgIpc) is 2.70. The lowest BCUT2D eigenvalue weighted by molar-refractivity contribution is 0.0644. The second kappa shape index (κ2) is 4.32. The van der Waals surface area contributed by atoms with Crippen molar-refractivity contribution >= 4 is 0 Å². The zero-order chi connectivity index (χ0) is 9.80. The molecule has 1 fully saturated rings. The van der Waals surface area contributed by atoms with E-state index >= 15 is 0 Å². The molecule has 1 aromatic heterocycles. The standard InChI is InChI=1S/C9H11FN2O2/c10-7-4-11-9(12-5-7)14-6-8-2-1-3-13-8/h4-5,8H,1-3,6H2. The minimum Gasteiger partial charge on any atom is -0.461 e. The number of rotatable bonds is 3. The van der Waals surface area contributed by atoms with E-state index in [1.807, 2.05) is 0 Å². The van der Waals surface area contributed by atoms with E-state index in [-0.39, 0.29) is 12.1 Å². The van der Waals surface area contributed by atoms with Crippen LogP contribution in [0.1, 0.15) is 12.8 Å². The van der Waals surface area contributed by atoms with Crippen LogP contribution < -0.4 is 4.74 Å². The van der Waals surface area contributed by atoms with E-state index in [9.17, 15) is 4.39 Å². The predicted molar refractivity (Wildman–Crippen MR) is 46.5 cm³/mol. The quantitative estimate of drug-likeness (QED) is 0.731. The summed E-state index contributed by atoms with van der Waals surface area (Å²) in [5.74, 6) is -0.463. The average molecular weight is 198 g/mol. The minimum atomic E-state index is -0.463. The Hall–Kier alpha value is -1.23. The molecule has 0 aromatic carbocycles. The Kier molecular flexibility index (Phi) is 2.88. The molecule has 1 aliphatic heterocycles. The van der Waals surface area contributed by atoms with E-state index in [0.717, 1.165) is 31.8 Å². The highest BCUT2D eigenvalue weighted by Crippen LogP contribution is 2.12. The van der Waals surface area contributed by atoms with Crippen LogP contribution in [0.4, 0.5) is 4.39 Å². The number of hydrogen-bond acceptors (Lipinski definition) is 4. The molecule has 1 aliphatic rings. The van der Waals surface area contributed by atoms with Gasteiger partial charge in [0.15, 0.2) is 5.82 Å². The first-order valence-corrected chi connectivity index (χ1v) is 4.56. The van der Waals surface area contributed by atoms with Gasteiger partial charge in [0.25, 0.3) is 0 Å². The van der Waals surface area contributed by atoms with Gasteiger partial charge in [-0.1, -0.05) is 0 Å². The summed E-state index contributed by atoms with van der Waals surface area (Å²) in [7, 11) is 0. The fourth-order valence-electron chi connectivity index (χ4n) is 1.32. The van der Waals surface area contributed by atoms with Crippen LogP contribution in [0.3, 0.4) is 0 Å². The molecular formula is C9H11FN2O2. The first-order valence-electron chi connectivity index (χ1n) is 4.56. The summed E-state index contributed by atoms with van der Waals surface area (Å²) in [5, 5.41) is 0. The van der Waals surface area contributed by atoms with Crippen LogP contribution in [-0.2, 0) is 4.74 Å². The van der Waals surface area contributed by atoms with Crippen LogP contribution >= 0.6 is 0 Å². The lowest BCUT2D eigenvalue weighted by Crippen LogP contribution is -2.17. The minimum absolute atomic E-state index is 0.128. The van der Waals surface area contributed by atoms with Crippen LogP contribution in [0, 0.1) is 5.82 Å². The van der Waals surface area contributed by atoms with Gasteiger partial charge in [0, 0.05) is 6.61 Å². The van der Waals surface area contributed by atoms with Crippen LogP contribution in [0.5, 0.6) is 6.01 Å². The van der Waals surface area contributed by atoms with Gasteiger partial charge in [-0.05, 0) is 12.8 Å². The van der Waals surface area contributed by atoms with Crippen LogP contribution in [0.15, 0.2) is 12.4 Å². The summed E-state index contributed by atoms with van der Waals surface area (Å²) >= 11 is 0. The molecular weight excluding hydrogens is 187 g/mol. The summed E-state index contributed by atoms with van der Waals surface area (Å²) in [6.45, 7) is 1.23. The number of halogens is 1. The van der Waals surface area contributed by atoms with Crippen molar-refractivity contribution in [1.82, 2.24) is 9.97 Å². The number of ether oxygens (including phenoxy) is 2. The van der Waals surface area contributed by atoms with E-state index in [2.05, 4.69) is 9.97 Å². The van der Waals surface area contributed by atoms with Gasteiger partial charge in [0.05, 0.1) is 18.5 Å². The highest BCUT2D eigenvalue weighted by Gasteiger charge is 2.16. The van der Waals surface area contributed by atoms with Crippen molar-refractivity contribution in [3.05, 3.63) is 18.2 Å². The molecule has 0 N–H and O–H groups in total. The maximum atomic E-state index is 12.4. The summed E-state index contributed by atoms with van der Waals surface area (Å²) in [5.41, 5.74) is 0. The van der Waals surface area contributed by atoms with Crippen molar-refractivity contribution in [3.63, 3.8) is 0 Å². The summed E-state index contributed by atoms with van der Waals surface area (Å²) in [6, 6.07) is 0.196. The number of aromatic nitrogens is 2. The topological polar surface area (TPSA) is 44.2 Å². The Morgan fingerprint density at radius 3 is 2.93 bits per heavy atom. The first-order chi connectivity index (χ1) is 6.84. The molecule has 1 saturated heterocycles. The lowest BCUT2D eigenvalue weighted by Gasteiger charge is -2.09. The third-order valence-electron chi connectivity index (χ3n) is 2.02. The molecule has 1 aromatic rings. The Morgan fingerprint density at radius 1 is 1.50 bits per heavy atom. The number of nitrogens with zero attached hydrogens (tertiary/aromatic N) is 2. The van der Waals surface area contributed by atoms with E-state index < -0.39 is 5.82 Å². The molecule has 76 valence electrons. The Balaban J connectivity index is 1.82. The third-order valence-corrected chi connectivity index (χ3v) is 2.02. The first kappa shape index (κ1) is 9.33. The Bertz CT molecular complexity index is 285. The molecule has 4 nitrogen and oxygen atoms in total. The SMILES string of the molecule is Fc1cnc(OCC2CCCO2)nc1. The van der Waals surface area contributed by atoms with Crippen LogP contribution in [-0.4, -0.2) is 29.3 Å². The fraction of sp³-hybridized carbons (Fsp3) is 0.556. The monoisotopic (exact) mass is 198 g/mol. The van der Waals surface area contributed by atoms with E-state index in [1.165, 1.54) is 0 Å². The van der Waals surface area contributed by atoms with Gasteiger partial charge in [-0.15, -0.1) is 0 Å². The van der Waals surface area contributed by atoms with Gasteiger partial charge in [-0.2, -0.15) is 0 Å². The molecule has 0 bridgehead atoms. The molecule has 1 atom stereocenters. The molecule has 2 heterocycles. The van der Waals surface area contributed by atoms with E-state index in [1.54, 1.807) is 0 Å². The van der Waals surface area contributed by atoms with Crippen molar-refractivity contribution in [2.45, 2.75) is 18.9 Å². The maximum absolute atomic E-state index is 12.4. The van der Waals surface area contributed by atoms with Crippen molar-refractivity contribution in [2.24, 2.45) is 0 Å². The highest BCUT2D eigenvalue weighted by molar-refractivity contribution is 4.95. The van der Waals surface area contributed by atoms with Gasteiger partial charge in [0.1, 0.15) is 6.61 Å².